The average molecular weight is 483 g/mol. The summed E-state index contributed by atoms with van der Waals surface area (Å²) >= 11 is 0. The molecule has 0 bridgehead atoms. The number of aryl methyl sites for hydroxylation is 1. The Morgan fingerprint density at radius 1 is 0.829 bits per heavy atom. The molecule has 4 rings (SSSR count). The standard InChI is InChI=1S/C33H48F2/c1-3-5-7-9-30-22-23-31(33(35)32(30)34)29-20-18-28(19-21-29)27-16-14-26(15-17-27)25-12-10-24(11-13-25)8-6-4-2/h4,20,22-28H,2-3,5-19,21H2,1H3. The number of hydrogen-bond donors (Lipinski definition) is 0. The van der Waals surface area contributed by atoms with Gasteiger partial charge in [-0.15, -0.1) is 6.58 Å². The van der Waals surface area contributed by atoms with Crippen LogP contribution in [0.5, 0.6) is 0 Å². The zero-order valence-electron chi connectivity index (χ0n) is 22.2. The van der Waals surface area contributed by atoms with Crippen molar-refractivity contribution in [3.8, 4) is 0 Å². The largest absolute Gasteiger partial charge is 0.203 e. The molecule has 0 amide bonds. The lowest BCUT2D eigenvalue weighted by Crippen LogP contribution is -2.28. The zero-order chi connectivity index (χ0) is 24.6. The zero-order valence-corrected chi connectivity index (χ0v) is 22.2. The number of rotatable bonds is 10. The van der Waals surface area contributed by atoms with Crippen LogP contribution in [0.15, 0.2) is 30.9 Å². The van der Waals surface area contributed by atoms with E-state index in [2.05, 4.69) is 25.7 Å². The van der Waals surface area contributed by atoms with Gasteiger partial charge >= 0.3 is 0 Å². The summed E-state index contributed by atoms with van der Waals surface area (Å²) in [5.41, 5.74) is 2.07. The van der Waals surface area contributed by atoms with Crippen LogP contribution in [-0.2, 0) is 6.42 Å². The SMILES string of the molecule is C=CCCC1CCC(C2CCC(C3CC=C(c4ccc(CCCCC)c(F)c4F)CC3)CC2)CC1. The highest BCUT2D eigenvalue weighted by atomic mass is 19.2. The summed E-state index contributed by atoms with van der Waals surface area (Å²) in [4.78, 5) is 0. The van der Waals surface area contributed by atoms with Crippen LogP contribution in [0.3, 0.4) is 0 Å². The fraction of sp³-hybridized carbons (Fsp3) is 0.697. The molecule has 1 aromatic rings. The molecule has 0 saturated heterocycles. The van der Waals surface area contributed by atoms with Crippen molar-refractivity contribution in [2.75, 3.05) is 0 Å². The first-order valence-electron chi connectivity index (χ1n) is 14.9. The van der Waals surface area contributed by atoms with Gasteiger partial charge in [0.25, 0.3) is 0 Å². The molecule has 3 aliphatic carbocycles. The number of allylic oxidation sites excluding steroid dienone is 3. The van der Waals surface area contributed by atoms with Crippen LogP contribution in [0.25, 0.3) is 5.57 Å². The topological polar surface area (TPSA) is 0 Å². The second kappa shape index (κ2) is 13.2. The molecule has 3 aliphatic rings. The second-order valence-electron chi connectivity index (χ2n) is 11.9. The average Bonchev–Trinajstić information content (AvgIpc) is 2.91. The Bertz CT molecular complexity index is 837. The lowest BCUT2D eigenvalue weighted by atomic mass is 9.65. The fourth-order valence-electron chi connectivity index (χ4n) is 7.51. The van der Waals surface area contributed by atoms with E-state index in [9.17, 15) is 8.78 Å². The molecule has 1 unspecified atom stereocenters. The summed E-state index contributed by atoms with van der Waals surface area (Å²) in [6.45, 7) is 6.02. The normalized spacial score (nSPS) is 29.6. The fourth-order valence-corrected chi connectivity index (χ4v) is 7.51. The number of benzene rings is 1. The van der Waals surface area contributed by atoms with E-state index in [1.54, 1.807) is 0 Å². The third-order valence-corrected chi connectivity index (χ3v) is 9.83. The van der Waals surface area contributed by atoms with Gasteiger partial charge in [0, 0.05) is 5.56 Å². The lowest BCUT2D eigenvalue weighted by Gasteiger charge is -2.40. The minimum Gasteiger partial charge on any atom is -0.203 e. The Balaban J connectivity index is 1.25. The monoisotopic (exact) mass is 482 g/mol. The van der Waals surface area contributed by atoms with Gasteiger partial charge in [-0.1, -0.05) is 56.9 Å². The summed E-state index contributed by atoms with van der Waals surface area (Å²) in [5, 5.41) is 0. The maximum atomic E-state index is 14.9. The third kappa shape index (κ3) is 6.86. The number of hydrogen-bond acceptors (Lipinski definition) is 0. The van der Waals surface area contributed by atoms with Crippen molar-refractivity contribution in [1.29, 1.82) is 0 Å². The molecule has 35 heavy (non-hydrogen) atoms. The Hall–Kier alpha value is -1.44. The van der Waals surface area contributed by atoms with Crippen molar-refractivity contribution in [2.45, 2.75) is 116 Å². The van der Waals surface area contributed by atoms with Crippen molar-refractivity contribution in [1.82, 2.24) is 0 Å². The molecule has 0 aliphatic heterocycles. The second-order valence-corrected chi connectivity index (χ2v) is 11.9. The lowest BCUT2D eigenvalue weighted by molar-refractivity contribution is 0.121. The molecule has 0 heterocycles. The first-order chi connectivity index (χ1) is 17.1. The van der Waals surface area contributed by atoms with Gasteiger partial charge in [0.15, 0.2) is 11.6 Å². The van der Waals surface area contributed by atoms with Crippen molar-refractivity contribution >= 4 is 5.57 Å². The van der Waals surface area contributed by atoms with E-state index in [-0.39, 0.29) is 0 Å². The maximum absolute atomic E-state index is 14.9. The molecule has 2 fully saturated rings. The minimum atomic E-state index is -0.622. The van der Waals surface area contributed by atoms with E-state index in [1.807, 2.05) is 12.1 Å². The van der Waals surface area contributed by atoms with Crippen LogP contribution in [-0.4, -0.2) is 0 Å². The van der Waals surface area contributed by atoms with Crippen LogP contribution in [0, 0.1) is 41.2 Å². The first kappa shape index (κ1) is 26.6. The molecule has 1 aromatic carbocycles. The van der Waals surface area contributed by atoms with E-state index in [0.29, 0.717) is 17.5 Å². The molecule has 2 heteroatoms. The van der Waals surface area contributed by atoms with Gasteiger partial charge in [-0.25, -0.2) is 8.78 Å². The summed E-state index contributed by atoms with van der Waals surface area (Å²) in [6.07, 6.45) is 25.0. The Labute approximate surface area is 213 Å². The molecule has 0 aromatic heterocycles. The molecule has 0 spiro atoms. The number of unbranched alkanes of at least 4 members (excludes halogenated alkanes) is 2. The molecular formula is C33H48F2. The van der Waals surface area contributed by atoms with Gasteiger partial charge < -0.3 is 0 Å². The molecule has 0 radical (unpaired) electrons. The van der Waals surface area contributed by atoms with E-state index in [1.165, 1.54) is 64.2 Å². The third-order valence-electron chi connectivity index (χ3n) is 9.83. The van der Waals surface area contributed by atoms with Crippen LogP contribution in [0.2, 0.25) is 0 Å². The Morgan fingerprint density at radius 2 is 1.49 bits per heavy atom. The van der Waals surface area contributed by atoms with Gasteiger partial charge in [0.05, 0.1) is 0 Å². The summed E-state index contributed by atoms with van der Waals surface area (Å²) < 4.78 is 29.6. The number of halogens is 2. The minimum absolute atomic E-state index is 0.507. The van der Waals surface area contributed by atoms with Crippen molar-refractivity contribution in [2.24, 2.45) is 29.6 Å². The van der Waals surface area contributed by atoms with Gasteiger partial charge in [0.1, 0.15) is 0 Å². The summed E-state index contributed by atoms with van der Waals surface area (Å²) in [6, 6.07) is 3.66. The molecule has 194 valence electrons. The van der Waals surface area contributed by atoms with Crippen molar-refractivity contribution in [3.05, 3.63) is 53.6 Å². The van der Waals surface area contributed by atoms with E-state index in [0.717, 1.165) is 73.7 Å². The van der Waals surface area contributed by atoms with Gasteiger partial charge in [-0.2, -0.15) is 0 Å². The summed E-state index contributed by atoms with van der Waals surface area (Å²) in [5.74, 6) is 3.19. The van der Waals surface area contributed by atoms with E-state index in [4.69, 9.17) is 0 Å². The van der Waals surface area contributed by atoms with Crippen molar-refractivity contribution < 1.29 is 8.78 Å². The molecule has 2 saturated carbocycles. The highest BCUT2D eigenvalue weighted by molar-refractivity contribution is 5.67. The van der Waals surface area contributed by atoms with Gasteiger partial charge in [-0.3, -0.25) is 0 Å². The molecule has 0 N–H and O–H groups in total. The first-order valence-corrected chi connectivity index (χ1v) is 14.9. The van der Waals surface area contributed by atoms with Crippen LogP contribution < -0.4 is 0 Å². The summed E-state index contributed by atoms with van der Waals surface area (Å²) in [7, 11) is 0. The van der Waals surface area contributed by atoms with Crippen molar-refractivity contribution in [3.63, 3.8) is 0 Å². The molecule has 0 nitrogen and oxygen atoms in total. The smallest absolute Gasteiger partial charge is 0.166 e. The maximum Gasteiger partial charge on any atom is 0.166 e. The Kier molecular flexibility index (Phi) is 10.0. The molecular weight excluding hydrogens is 434 g/mol. The predicted octanol–water partition coefficient (Wildman–Crippen LogP) is 10.5. The van der Waals surface area contributed by atoms with Gasteiger partial charge in [-0.05, 0) is 124 Å². The Morgan fingerprint density at radius 3 is 2.09 bits per heavy atom. The predicted molar refractivity (Wildman–Crippen MR) is 145 cm³/mol. The van der Waals surface area contributed by atoms with Crippen LogP contribution in [0.1, 0.15) is 121 Å². The highest BCUT2D eigenvalue weighted by Crippen LogP contribution is 2.46. The van der Waals surface area contributed by atoms with E-state index >= 15 is 0 Å². The van der Waals surface area contributed by atoms with Crippen LogP contribution >= 0.6 is 0 Å². The quantitative estimate of drug-likeness (QED) is 0.230. The van der Waals surface area contributed by atoms with E-state index < -0.39 is 11.6 Å². The molecule has 1 atom stereocenters. The van der Waals surface area contributed by atoms with Crippen LogP contribution in [0.4, 0.5) is 8.78 Å². The van der Waals surface area contributed by atoms with Gasteiger partial charge in [0.2, 0.25) is 0 Å². The highest BCUT2D eigenvalue weighted by Gasteiger charge is 2.34.